The molecule has 9 nitrogen and oxygen atoms in total. The van der Waals surface area contributed by atoms with Gasteiger partial charge in [-0.3, -0.25) is 0 Å². The van der Waals surface area contributed by atoms with Gasteiger partial charge < -0.3 is 24.2 Å². The Hall–Kier alpha value is -3.94. The Bertz CT molecular complexity index is 1470. The molecule has 10 heteroatoms. The molecule has 2 aromatic heterocycles. The summed E-state index contributed by atoms with van der Waals surface area (Å²) in [4.78, 5) is 23.5. The zero-order valence-corrected chi connectivity index (χ0v) is 20.5. The quantitative estimate of drug-likeness (QED) is 0.274. The van der Waals surface area contributed by atoms with Crippen LogP contribution in [0.5, 0.6) is 17.2 Å². The molecule has 1 saturated heterocycles. The molecule has 0 radical (unpaired) electrons. The Morgan fingerprint density at radius 3 is 2.72 bits per heavy atom. The first kappa shape index (κ1) is 23.8. The molecular formula is C26H24N4O5S. The summed E-state index contributed by atoms with van der Waals surface area (Å²) < 4.78 is 17.7. The van der Waals surface area contributed by atoms with Crippen molar-refractivity contribution >= 4 is 43.4 Å². The average Bonchev–Trinajstić information content (AvgIpc) is 3.33. The third-order valence-corrected chi connectivity index (χ3v) is 6.92. The maximum absolute atomic E-state index is 12.5. The molecule has 0 bridgehead atoms. The number of nitrogens with zero attached hydrogens (tertiary/aromatic N) is 4. The van der Waals surface area contributed by atoms with E-state index < -0.39 is 5.97 Å². The lowest BCUT2D eigenvalue weighted by atomic mass is 10.1. The van der Waals surface area contributed by atoms with E-state index in [-0.39, 0.29) is 29.1 Å². The van der Waals surface area contributed by atoms with Crippen molar-refractivity contribution in [1.29, 1.82) is 5.26 Å². The van der Waals surface area contributed by atoms with Crippen LogP contribution in [0.15, 0.2) is 36.4 Å². The number of hydrogen-bond acceptors (Lipinski definition) is 10. The molecule has 0 spiro atoms. The van der Waals surface area contributed by atoms with Gasteiger partial charge in [-0.2, -0.15) is 5.26 Å². The number of aromatic nitrogens is 2. The Labute approximate surface area is 211 Å². The number of rotatable bonds is 7. The van der Waals surface area contributed by atoms with Gasteiger partial charge in [0.05, 0.1) is 30.0 Å². The molecule has 2 aromatic carbocycles. The number of ether oxygens (including phenoxy) is 3. The number of nitriles is 1. The molecule has 0 aliphatic carbocycles. The number of fused-ring (bicyclic) bond motifs is 2. The lowest BCUT2D eigenvalue weighted by Crippen LogP contribution is -2.36. The molecule has 1 aliphatic heterocycles. The molecule has 1 N–H and O–H groups in total. The third-order valence-electron chi connectivity index (χ3n) is 5.85. The smallest absolute Gasteiger partial charge is 0.360 e. The maximum atomic E-state index is 12.5. The van der Waals surface area contributed by atoms with Crippen LogP contribution < -0.4 is 9.64 Å². The largest absolute Gasteiger partial charge is 0.505 e. The summed E-state index contributed by atoms with van der Waals surface area (Å²) >= 11 is 1.60. The van der Waals surface area contributed by atoms with E-state index in [0.717, 1.165) is 34.9 Å². The number of morpholine rings is 1. The second-order valence-electron chi connectivity index (χ2n) is 8.29. The van der Waals surface area contributed by atoms with Crippen LogP contribution >= 0.6 is 11.3 Å². The molecule has 184 valence electrons. The lowest BCUT2D eigenvalue weighted by molar-refractivity contribution is 0.0489. The zero-order chi connectivity index (χ0) is 25.1. The van der Waals surface area contributed by atoms with E-state index in [1.54, 1.807) is 29.5 Å². The molecule has 0 unspecified atom stereocenters. The van der Waals surface area contributed by atoms with Gasteiger partial charge in [-0.1, -0.05) is 24.7 Å². The fraction of sp³-hybridized carbons (Fsp3) is 0.308. The fourth-order valence-corrected chi connectivity index (χ4v) is 4.97. The molecular weight excluding hydrogens is 480 g/mol. The SMILES string of the molecule is CCCCOC(=O)c1nc(C#N)c2ccc(Oc3ccc4nc(N5CCOCC5)sc4c3)cc2c1O. The van der Waals surface area contributed by atoms with Crippen molar-refractivity contribution in [3.05, 3.63) is 47.8 Å². The number of unbranched alkanes of at least 4 members (excludes halogenated alkanes) is 1. The van der Waals surface area contributed by atoms with Crippen LogP contribution in [0.25, 0.3) is 21.0 Å². The van der Waals surface area contributed by atoms with Crippen molar-refractivity contribution in [3.8, 4) is 23.3 Å². The zero-order valence-electron chi connectivity index (χ0n) is 19.7. The molecule has 1 fully saturated rings. The first-order chi connectivity index (χ1) is 17.6. The van der Waals surface area contributed by atoms with Crippen molar-refractivity contribution < 1.29 is 24.1 Å². The van der Waals surface area contributed by atoms with Crippen LogP contribution in [-0.4, -0.2) is 54.0 Å². The van der Waals surface area contributed by atoms with Crippen LogP contribution in [0.2, 0.25) is 0 Å². The number of esters is 1. The van der Waals surface area contributed by atoms with Crippen LogP contribution in [0, 0.1) is 11.3 Å². The van der Waals surface area contributed by atoms with Crippen molar-refractivity contribution in [2.24, 2.45) is 0 Å². The first-order valence-corrected chi connectivity index (χ1v) is 12.5. The van der Waals surface area contributed by atoms with Gasteiger partial charge in [-0.05, 0) is 36.8 Å². The van der Waals surface area contributed by atoms with Crippen molar-refractivity contribution in [1.82, 2.24) is 9.97 Å². The number of anilines is 1. The number of carbonyl (C=O) groups excluding carboxylic acids is 1. The van der Waals surface area contributed by atoms with E-state index in [9.17, 15) is 15.2 Å². The van der Waals surface area contributed by atoms with Crippen LogP contribution in [0.4, 0.5) is 5.13 Å². The molecule has 36 heavy (non-hydrogen) atoms. The van der Waals surface area contributed by atoms with Crippen LogP contribution in [0.3, 0.4) is 0 Å². The van der Waals surface area contributed by atoms with Gasteiger partial charge in [0.25, 0.3) is 0 Å². The number of thiazole rings is 1. The van der Waals surface area contributed by atoms with Gasteiger partial charge in [0.1, 0.15) is 23.3 Å². The van der Waals surface area contributed by atoms with E-state index >= 15 is 0 Å². The van der Waals surface area contributed by atoms with E-state index in [2.05, 4.69) is 9.88 Å². The summed E-state index contributed by atoms with van der Waals surface area (Å²) in [6, 6.07) is 12.6. The monoisotopic (exact) mass is 504 g/mol. The van der Waals surface area contributed by atoms with Gasteiger partial charge in [0, 0.05) is 29.9 Å². The predicted octanol–water partition coefficient (Wildman–Crippen LogP) is 5.01. The van der Waals surface area contributed by atoms with Gasteiger partial charge in [0.15, 0.2) is 16.6 Å². The highest BCUT2D eigenvalue weighted by atomic mass is 32.1. The summed E-state index contributed by atoms with van der Waals surface area (Å²) in [6.07, 6.45) is 1.55. The Morgan fingerprint density at radius 2 is 1.94 bits per heavy atom. The Balaban J connectivity index is 1.44. The summed E-state index contributed by atoms with van der Waals surface area (Å²) in [6.45, 7) is 5.22. The maximum Gasteiger partial charge on any atom is 0.360 e. The molecule has 0 saturated carbocycles. The molecule has 1 aliphatic rings. The standard InChI is InChI=1S/C26H24N4O5S/c1-2-3-10-34-25(32)23-24(31)19-13-16(4-6-18(19)21(15-27)28-23)35-17-5-7-20-22(14-17)36-26(29-20)30-8-11-33-12-9-30/h4-7,13-14,31H,2-3,8-12H2,1H3. The minimum atomic E-state index is -0.766. The van der Waals surface area contributed by atoms with E-state index in [1.165, 1.54) is 0 Å². The summed E-state index contributed by atoms with van der Waals surface area (Å²) in [5.41, 5.74) is 0.633. The molecule has 3 heterocycles. The normalized spacial score (nSPS) is 13.6. The minimum Gasteiger partial charge on any atom is -0.505 e. The molecule has 0 amide bonds. The topological polar surface area (TPSA) is 118 Å². The fourth-order valence-electron chi connectivity index (χ4n) is 3.93. The predicted molar refractivity (Wildman–Crippen MR) is 136 cm³/mol. The second-order valence-corrected chi connectivity index (χ2v) is 9.30. The van der Waals surface area contributed by atoms with Gasteiger partial charge in [-0.15, -0.1) is 0 Å². The van der Waals surface area contributed by atoms with Gasteiger partial charge in [-0.25, -0.2) is 14.8 Å². The number of carbonyl (C=O) groups is 1. The highest BCUT2D eigenvalue weighted by Crippen LogP contribution is 2.36. The van der Waals surface area contributed by atoms with E-state index in [0.29, 0.717) is 36.5 Å². The summed E-state index contributed by atoms with van der Waals surface area (Å²) in [5, 5.41) is 22.0. The number of pyridine rings is 1. The van der Waals surface area contributed by atoms with E-state index in [1.807, 2.05) is 31.2 Å². The van der Waals surface area contributed by atoms with Gasteiger partial charge in [0.2, 0.25) is 0 Å². The highest BCUT2D eigenvalue weighted by Gasteiger charge is 2.21. The summed E-state index contributed by atoms with van der Waals surface area (Å²) in [5.74, 6) is -0.0656. The molecule has 4 aromatic rings. The third kappa shape index (κ3) is 4.76. The van der Waals surface area contributed by atoms with Gasteiger partial charge >= 0.3 is 5.97 Å². The first-order valence-electron chi connectivity index (χ1n) is 11.7. The van der Waals surface area contributed by atoms with E-state index in [4.69, 9.17) is 19.2 Å². The lowest BCUT2D eigenvalue weighted by Gasteiger charge is -2.25. The van der Waals surface area contributed by atoms with Crippen molar-refractivity contribution in [2.75, 3.05) is 37.8 Å². The Kier molecular flexibility index (Phi) is 6.84. The van der Waals surface area contributed by atoms with Crippen LogP contribution in [-0.2, 0) is 9.47 Å². The van der Waals surface area contributed by atoms with Crippen LogP contribution in [0.1, 0.15) is 35.9 Å². The second kappa shape index (κ2) is 10.4. The van der Waals surface area contributed by atoms with Crippen molar-refractivity contribution in [3.63, 3.8) is 0 Å². The number of hydrogen-bond donors (Lipinski definition) is 1. The summed E-state index contributed by atoms with van der Waals surface area (Å²) in [7, 11) is 0. The Morgan fingerprint density at radius 1 is 1.17 bits per heavy atom. The molecule has 5 rings (SSSR count). The number of aromatic hydroxyl groups is 1. The average molecular weight is 505 g/mol. The van der Waals surface area contributed by atoms with Crippen molar-refractivity contribution in [2.45, 2.75) is 19.8 Å². The minimum absolute atomic E-state index is 0.0264. The molecule has 0 atom stereocenters. The number of benzene rings is 2. The highest BCUT2D eigenvalue weighted by molar-refractivity contribution is 7.22.